The van der Waals surface area contributed by atoms with Gasteiger partial charge in [-0.25, -0.2) is 0 Å². The van der Waals surface area contributed by atoms with Crippen molar-refractivity contribution < 1.29 is 9.84 Å². The van der Waals surface area contributed by atoms with Gasteiger partial charge in [0.05, 0.1) is 7.11 Å². The number of rotatable bonds is 3. The van der Waals surface area contributed by atoms with Crippen LogP contribution in [0.4, 0.5) is 0 Å². The molecule has 0 aromatic carbocycles. The van der Waals surface area contributed by atoms with Crippen LogP contribution in [-0.4, -0.2) is 23.2 Å². The Bertz CT molecular complexity index is 274. The van der Waals surface area contributed by atoms with Gasteiger partial charge in [0.25, 0.3) is 0 Å². The van der Waals surface area contributed by atoms with Crippen molar-refractivity contribution in [3.8, 4) is 5.88 Å². The van der Waals surface area contributed by atoms with Crippen LogP contribution in [0.3, 0.4) is 0 Å². The van der Waals surface area contributed by atoms with Crippen molar-refractivity contribution in [3.63, 3.8) is 0 Å². The zero-order valence-electron chi connectivity index (χ0n) is 6.86. The monoisotopic (exact) mass is 185 g/mol. The normalized spacial score (nSPS) is 27.2. The van der Waals surface area contributed by atoms with E-state index in [2.05, 4.69) is 4.37 Å². The lowest BCUT2D eigenvalue weighted by Crippen LogP contribution is -1.85. The van der Waals surface area contributed by atoms with Crippen molar-refractivity contribution in [1.29, 1.82) is 0 Å². The minimum atomic E-state index is 0.297. The third-order valence-electron chi connectivity index (χ3n) is 2.24. The van der Waals surface area contributed by atoms with Gasteiger partial charge in [-0.15, -0.1) is 0 Å². The topological polar surface area (TPSA) is 42.4 Å². The summed E-state index contributed by atoms with van der Waals surface area (Å²) in [5.41, 5.74) is 0. The summed E-state index contributed by atoms with van der Waals surface area (Å²) in [5, 5.41) is 8.85. The lowest BCUT2D eigenvalue weighted by atomic mass is 10.3. The molecule has 1 aromatic heterocycles. The van der Waals surface area contributed by atoms with E-state index in [-0.39, 0.29) is 0 Å². The Hall–Kier alpha value is -0.610. The van der Waals surface area contributed by atoms with Crippen molar-refractivity contribution in [2.24, 2.45) is 5.92 Å². The van der Waals surface area contributed by atoms with E-state index < -0.39 is 0 Å². The van der Waals surface area contributed by atoms with Crippen LogP contribution in [0.5, 0.6) is 5.88 Å². The fraction of sp³-hybridized carbons (Fsp3) is 0.625. The number of hydrogen-bond donors (Lipinski definition) is 1. The molecular weight excluding hydrogens is 174 g/mol. The third-order valence-corrected chi connectivity index (χ3v) is 3.14. The van der Waals surface area contributed by atoms with Crippen LogP contribution in [0.15, 0.2) is 6.07 Å². The maximum atomic E-state index is 8.85. The highest BCUT2D eigenvalue weighted by molar-refractivity contribution is 7.06. The molecular formula is C8H11NO2S. The minimum absolute atomic E-state index is 0.297. The fourth-order valence-corrected chi connectivity index (χ4v) is 2.24. The summed E-state index contributed by atoms with van der Waals surface area (Å²) in [6.45, 7) is 0.297. The summed E-state index contributed by atoms with van der Waals surface area (Å²) in [7, 11) is 1.62. The number of aromatic nitrogens is 1. The molecule has 1 saturated carbocycles. The highest BCUT2D eigenvalue weighted by atomic mass is 32.1. The van der Waals surface area contributed by atoms with Gasteiger partial charge in [-0.3, -0.25) is 0 Å². The molecule has 0 aliphatic heterocycles. The summed E-state index contributed by atoms with van der Waals surface area (Å²) in [6.07, 6.45) is 1.10. The van der Waals surface area contributed by atoms with E-state index in [0.717, 1.165) is 6.42 Å². The van der Waals surface area contributed by atoms with Crippen LogP contribution in [-0.2, 0) is 0 Å². The molecule has 1 N–H and O–H groups in total. The molecule has 1 heterocycles. The summed E-state index contributed by atoms with van der Waals surface area (Å²) in [5.74, 6) is 1.70. The van der Waals surface area contributed by atoms with Crippen molar-refractivity contribution in [1.82, 2.24) is 4.37 Å². The molecule has 3 nitrogen and oxygen atoms in total. The van der Waals surface area contributed by atoms with Crippen LogP contribution >= 0.6 is 11.5 Å². The van der Waals surface area contributed by atoms with E-state index in [0.29, 0.717) is 24.3 Å². The molecule has 0 amide bonds. The zero-order valence-corrected chi connectivity index (χ0v) is 7.67. The number of aliphatic hydroxyl groups excluding tert-OH is 1. The number of hydrogen-bond acceptors (Lipinski definition) is 4. The average Bonchev–Trinajstić information content (AvgIpc) is 2.75. The maximum absolute atomic E-state index is 8.85. The van der Waals surface area contributed by atoms with E-state index in [1.54, 1.807) is 7.11 Å². The van der Waals surface area contributed by atoms with Crippen LogP contribution in [0.2, 0.25) is 0 Å². The first-order valence-corrected chi connectivity index (χ1v) is 4.74. The summed E-state index contributed by atoms with van der Waals surface area (Å²) >= 11 is 1.48. The Morgan fingerprint density at radius 3 is 3.17 bits per heavy atom. The maximum Gasteiger partial charge on any atom is 0.225 e. The summed E-state index contributed by atoms with van der Waals surface area (Å²) in [6, 6.07) is 1.96. The highest BCUT2D eigenvalue weighted by Gasteiger charge is 2.39. The molecule has 0 saturated heterocycles. The van der Waals surface area contributed by atoms with Crippen molar-refractivity contribution >= 4 is 11.5 Å². The van der Waals surface area contributed by atoms with Crippen molar-refractivity contribution in [3.05, 3.63) is 10.9 Å². The Kier molecular flexibility index (Phi) is 2.02. The first-order valence-electron chi connectivity index (χ1n) is 3.96. The van der Waals surface area contributed by atoms with Crippen molar-refractivity contribution in [2.75, 3.05) is 13.7 Å². The van der Waals surface area contributed by atoms with Crippen LogP contribution in [0.25, 0.3) is 0 Å². The van der Waals surface area contributed by atoms with Gasteiger partial charge in [0.1, 0.15) is 0 Å². The van der Waals surface area contributed by atoms with E-state index in [4.69, 9.17) is 9.84 Å². The van der Waals surface area contributed by atoms with Gasteiger partial charge < -0.3 is 9.84 Å². The smallest absolute Gasteiger partial charge is 0.225 e. The van der Waals surface area contributed by atoms with Crippen molar-refractivity contribution in [2.45, 2.75) is 12.3 Å². The molecule has 1 aromatic rings. The second kappa shape index (κ2) is 3.03. The summed E-state index contributed by atoms with van der Waals surface area (Å²) in [4.78, 5) is 1.24. The summed E-state index contributed by atoms with van der Waals surface area (Å²) < 4.78 is 9.08. The molecule has 0 radical (unpaired) electrons. The molecule has 0 bridgehead atoms. The van der Waals surface area contributed by atoms with Gasteiger partial charge in [-0.1, -0.05) is 0 Å². The van der Waals surface area contributed by atoms with Gasteiger partial charge in [0.15, 0.2) is 0 Å². The molecule has 1 aliphatic rings. The SMILES string of the molecule is COc1cc(C2CC2CO)sn1. The zero-order chi connectivity index (χ0) is 8.55. The number of methoxy groups -OCH3 is 1. The molecule has 2 rings (SSSR count). The predicted octanol–water partition coefficient (Wildman–Crippen LogP) is 1.25. The predicted molar refractivity (Wildman–Crippen MR) is 46.6 cm³/mol. The van der Waals surface area contributed by atoms with Gasteiger partial charge in [0.2, 0.25) is 5.88 Å². The molecule has 12 heavy (non-hydrogen) atoms. The second-order valence-electron chi connectivity index (χ2n) is 3.06. The van der Waals surface area contributed by atoms with Gasteiger partial charge in [-0.2, -0.15) is 4.37 Å². The van der Waals surface area contributed by atoms with Gasteiger partial charge in [0, 0.05) is 23.5 Å². The van der Waals surface area contributed by atoms with E-state index in [1.165, 1.54) is 16.4 Å². The first kappa shape index (κ1) is 8.01. The number of aliphatic hydroxyl groups is 1. The second-order valence-corrected chi connectivity index (χ2v) is 3.89. The minimum Gasteiger partial charge on any atom is -0.480 e. The lowest BCUT2D eigenvalue weighted by Gasteiger charge is -1.89. The largest absolute Gasteiger partial charge is 0.480 e. The number of ether oxygens (including phenoxy) is 1. The van der Waals surface area contributed by atoms with E-state index in [1.807, 2.05) is 6.07 Å². The van der Waals surface area contributed by atoms with Crippen LogP contribution < -0.4 is 4.74 Å². The molecule has 1 fully saturated rings. The van der Waals surface area contributed by atoms with Crippen LogP contribution in [0.1, 0.15) is 17.2 Å². The molecule has 4 heteroatoms. The fourth-order valence-electron chi connectivity index (χ4n) is 1.34. The Morgan fingerprint density at radius 1 is 1.83 bits per heavy atom. The quantitative estimate of drug-likeness (QED) is 0.770. The van der Waals surface area contributed by atoms with E-state index in [9.17, 15) is 0 Å². The van der Waals surface area contributed by atoms with Gasteiger partial charge >= 0.3 is 0 Å². The molecule has 66 valence electrons. The highest BCUT2D eigenvalue weighted by Crippen LogP contribution is 2.49. The Balaban J connectivity index is 2.05. The third kappa shape index (κ3) is 1.32. The molecule has 1 aliphatic carbocycles. The van der Waals surface area contributed by atoms with Gasteiger partial charge in [-0.05, 0) is 23.9 Å². The molecule has 0 spiro atoms. The Morgan fingerprint density at radius 2 is 2.67 bits per heavy atom. The molecule has 2 unspecified atom stereocenters. The lowest BCUT2D eigenvalue weighted by molar-refractivity contribution is 0.274. The standard InChI is InChI=1S/C8H11NO2S/c1-11-8-3-7(12-9-8)6-2-5(6)4-10/h3,5-6,10H,2,4H2,1H3. The molecule has 2 atom stereocenters. The Labute approximate surface area is 75.2 Å². The first-order chi connectivity index (χ1) is 5.85. The number of nitrogens with zero attached hydrogens (tertiary/aromatic N) is 1. The average molecular weight is 185 g/mol. The van der Waals surface area contributed by atoms with E-state index >= 15 is 0 Å². The van der Waals surface area contributed by atoms with Crippen LogP contribution in [0, 0.1) is 5.92 Å².